The molecule has 0 aromatic heterocycles. The lowest BCUT2D eigenvalue weighted by molar-refractivity contribution is -0.870. The fourth-order valence-corrected chi connectivity index (χ4v) is 7.64. The number of quaternary nitrogens is 1. The molecule has 0 rings (SSSR count). The molecule has 0 aliphatic heterocycles. The third-order valence-corrected chi connectivity index (χ3v) is 12.2. The zero-order valence-electron chi connectivity index (χ0n) is 46.1. The second-order valence-corrected chi connectivity index (χ2v) is 20.7. The predicted molar refractivity (Wildman–Crippen MR) is 307 cm³/mol. The third-order valence-electron chi connectivity index (χ3n) is 11.2. The highest BCUT2D eigenvalue weighted by molar-refractivity contribution is 7.47. The van der Waals surface area contributed by atoms with Crippen LogP contribution in [0.3, 0.4) is 0 Å². The zero-order valence-corrected chi connectivity index (χ0v) is 47.0. The number of carbonyl (C=O) groups is 2. The van der Waals surface area contributed by atoms with Gasteiger partial charge in [0.2, 0.25) is 0 Å². The van der Waals surface area contributed by atoms with E-state index >= 15 is 0 Å². The molecule has 0 amide bonds. The molecule has 0 radical (unpaired) electrons. The van der Waals surface area contributed by atoms with Crippen molar-refractivity contribution in [3.63, 3.8) is 0 Å². The molecule has 0 heterocycles. The van der Waals surface area contributed by atoms with Crippen LogP contribution in [-0.2, 0) is 32.7 Å². The molecule has 0 bridgehead atoms. The number of ether oxygens (including phenoxy) is 2. The molecule has 0 aromatic carbocycles. The van der Waals surface area contributed by atoms with Crippen molar-refractivity contribution in [1.29, 1.82) is 0 Å². The van der Waals surface area contributed by atoms with Crippen LogP contribution in [-0.4, -0.2) is 74.9 Å². The summed E-state index contributed by atoms with van der Waals surface area (Å²) >= 11 is 0. The predicted octanol–water partition coefficient (Wildman–Crippen LogP) is 17.4. The summed E-state index contributed by atoms with van der Waals surface area (Å²) in [5.74, 6) is -0.833. The van der Waals surface area contributed by atoms with Gasteiger partial charge in [-0.3, -0.25) is 18.6 Å². The quantitative estimate of drug-likeness (QED) is 0.0211. The van der Waals surface area contributed by atoms with Gasteiger partial charge in [0.25, 0.3) is 0 Å². The first-order valence-corrected chi connectivity index (χ1v) is 29.4. The maximum absolute atomic E-state index is 12.7. The molecule has 0 aromatic rings. The number of hydrogen-bond acceptors (Lipinski definition) is 7. The number of allylic oxidation sites excluding steroid dienone is 22. The normalized spacial score (nSPS) is 14.4. The largest absolute Gasteiger partial charge is 0.472 e. The summed E-state index contributed by atoms with van der Waals surface area (Å²) in [6.07, 6.45) is 75.4. The van der Waals surface area contributed by atoms with E-state index in [2.05, 4.69) is 148 Å². The van der Waals surface area contributed by atoms with Crippen LogP contribution >= 0.6 is 7.82 Å². The molecule has 2 unspecified atom stereocenters. The number of hydrogen-bond donors (Lipinski definition) is 1. The second-order valence-electron chi connectivity index (χ2n) is 19.2. The number of phosphoric ester groups is 1. The Morgan fingerprint density at radius 1 is 0.444 bits per heavy atom. The summed E-state index contributed by atoms with van der Waals surface area (Å²) in [5.41, 5.74) is 0. The molecule has 0 saturated carbocycles. The van der Waals surface area contributed by atoms with E-state index in [4.69, 9.17) is 18.5 Å². The summed E-state index contributed by atoms with van der Waals surface area (Å²) in [7, 11) is 1.44. The Balaban J connectivity index is 4.13. The van der Waals surface area contributed by atoms with Crippen molar-refractivity contribution in [2.75, 3.05) is 47.5 Å². The van der Waals surface area contributed by atoms with Crippen LogP contribution in [0.25, 0.3) is 0 Å². The van der Waals surface area contributed by atoms with Gasteiger partial charge in [0.1, 0.15) is 19.8 Å². The molecule has 0 spiro atoms. The third kappa shape index (κ3) is 55.5. The number of nitrogens with zero attached hydrogens (tertiary/aromatic N) is 1. The summed E-state index contributed by atoms with van der Waals surface area (Å²) in [6, 6.07) is 0. The molecule has 9 nitrogen and oxygen atoms in total. The van der Waals surface area contributed by atoms with Crippen LogP contribution in [0.1, 0.15) is 194 Å². The van der Waals surface area contributed by atoms with Gasteiger partial charge in [-0.2, -0.15) is 0 Å². The minimum Gasteiger partial charge on any atom is -0.462 e. The van der Waals surface area contributed by atoms with Gasteiger partial charge in [-0.05, 0) is 96.3 Å². The summed E-state index contributed by atoms with van der Waals surface area (Å²) in [5, 5.41) is 0. The number of rotatable bonds is 49. The van der Waals surface area contributed by atoms with E-state index < -0.39 is 26.5 Å². The van der Waals surface area contributed by atoms with Crippen LogP contribution in [0.2, 0.25) is 0 Å². The fourth-order valence-electron chi connectivity index (χ4n) is 6.90. The average molecular weight is 1020 g/mol. The Morgan fingerprint density at radius 3 is 1.18 bits per heavy atom. The maximum atomic E-state index is 12.7. The Hall–Kier alpha value is -3.85. The first-order valence-electron chi connectivity index (χ1n) is 27.9. The van der Waals surface area contributed by atoms with Crippen LogP contribution in [0.15, 0.2) is 134 Å². The van der Waals surface area contributed by atoms with E-state index in [1.807, 2.05) is 21.1 Å². The number of likely N-dealkylation sites (N-methyl/N-ethyl adjacent to an activating group) is 1. The van der Waals surface area contributed by atoms with Gasteiger partial charge in [-0.1, -0.05) is 218 Å². The molecule has 0 aliphatic carbocycles. The zero-order chi connectivity index (χ0) is 52.7. The van der Waals surface area contributed by atoms with E-state index in [0.29, 0.717) is 17.4 Å². The second kappa shape index (κ2) is 52.0. The van der Waals surface area contributed by atoms with E-state index in [0.717, 1.165) is 122 Å². The highest BCUT2D eigenvalue weighted by Gasteiger charge is 2.27. The summed E-state index contributed by atoms with van der Waals surface area (Å²) in [6.45, 7) is 4.24. The molecule has 0 aliphatic rings. The smallest absolute Gasteiger partial charge is 0.462 e. The Bertz CT molecular complexity index is 1670. The highest BCUT2D eigenvalue weighted by atomic mass is 31.2. The van der Waals surface area contributed by atoms with E-state index in [1.54, 1.807) is 0 Å². The fraction of sp³-hybridized carbons (Fsp3) is 0.613. The number of esters is 2. The molecular formula is C62H103NO8P+. The van der Waals surface area contributed by atoms with Gasteiger partial charge in [0.15, 0.2) is 6.10 Å². The molecule has 1 N–H and O–H groups in total. The topological polar surface area (TPSA) is 108 Å². The Labute approximate surface area is 441 Å². The average Bonchev–Trinajstić information content (AvgIpc) is 3.34. The Kier molecular flexibility index (Phi) is 49.2. The SMILES string of the molecule is CC/C=C\C/C=C\C/C=C\C/C=C\C/C=C\C/C=C\C/C=C\C/C=C\C/C=C\C/C=C\C/C=C\CCCCCCCC(=O)OC(COC(=O)CCCCCCCCCCC)COP(=O)(O)OCC[N+](C)(C)C. The molecule has 10 heteroatoms. The van der Waals surface area contributed by atoms with Crippen molar-refractivity contribution >= 4 is 19.8 Å². The van der Waals surface area contributed by atoms with Crippen molar-refractivity contribution in [3.8, 4) is 0 Å². The standard InChI is InChI=1S/C62H102NO8P/c1-6-8-10-12-14-16-17-18-19-20-21-22-23-24-25-26-27-28-29-30-31-32-33-34-35-36-37-38-39-40-41-42-43-44-45-47-49-51-53-55-62(65)71-60(59-70-72(66,67)69-57-56-63(3,4)5)58-68-61(64)54-52-50-48-46-15-13-11-9-7-2/h8,10,14,16,18-19,21-22,24-25,27-28,30-31,33-34,36-37,39-40,42-43,60H,6-7,9,11-13,15,17,20,23,26,29,32,35,38,41,44-59H2,1-5H3/p+1/b10-8-,16-14-,19-18-,22-21-,25-24-,28-27-,31-30-,34-33-,37-36-,40-39-,43-42-. The molecule has 0 saturated heterocycles. The van der Waals surface area contributed by atoms with Gasteiger partial charge < -0.3 is 18.9 Å². The number of phosphoric acid groups is 1. The monoisotopic (exact) mass is 1020 g/mol. The van der Waals surface area contributed by atoms with Crippen LogP contribution in [0.4, 0.5) is 0 Å². The lowest BCUT2D eigenvalue weighted by atomic mass is 10.1. The van der Waals surface area contributed by atoms with Crippen molar-refractivity contribution in [1.82, 2.24) is 0 Å². The van der Waals surface area contributed by atoms with Gasteiger partial charge in [0.05, 0.1) is 27.7 Å². The highest BCUT2D eigenvalue weighted by Crippen LogP contribution is 2.43. The Morgan fingerprint density at radius 2 is 0.792 bits per heavy atom. The van der Waals surface area contributed by atoms with E-state index in [-0.39, 0.29) is 32.0 Å². The lowest BCUT2D eigenvalue weighted by Gasteiger charge is -2.24. The van der Waals surface area contributed by atoms with Gasteiger partial charge in [-0.15, -0.1) is 0 Å². The van der Waals surface area contributed by atoms with Crippen molar-refractivity contribution in [2.45, 2.75) is 200 Å². The van der Waals surface area contributed by atoms with Crippen molar-refractivity contribution in [3.05, 3.63) is 134 Å². The molecule has 0 fully saturated rings. The lowest BCUT2D eigenvalue weighted by Crippen LogP contribution is -2.37. The van der Waals surface area contributed by atoms with Crippen molar-refractivity contribution in [2.24, 2.45) is 0 Å². The van der Waals surface area contributed by atoms with Crippen molar-refractivity contribution < 1.29 is 42.1 Å². The summed E-state index contributed by atoms with van der Waals surface area (Å²) in [4.78, 5) is 35.4. The summed E-state index contributed by atoms with van der Waals surface area (Å²) < 4.78 is 34.3. The number of unbranched alkanes of at least 4 members (excludes halogenated alkanes) is 13. The van der Waals surface area contributed by atoms with Crippen LogP contribution < -0.4 is 0 Å². The minimum absolute atomic E-state index is 0.0217. The van der Waals surface area contributed by atoms with Gasteiger partial charge in [-0.25, -0.2) is 4.57 Å². The molecule has 408 valence electrons. The van der Waals surface area contributed by atoms with E-state index in [1.165, 1.54) is 38.5 Å². The van der Waals surface area contributed by atoms with E-state index in [9.17, 15) is 19.0 Å². The minimum atomic E-state index is -4.39. The molecular weight excluding hydrogens is 918 g/mol. The molecule has 2 atom stereocenters. The van der Waals surface area contributed by atoms with Crippen LogP contribution in [0.5, 0.6) is 0 Å². The van der Waals surface area contributed by atoms with Gasteiger partial charge in [0, 0.05) is 12.8 Å². The van der Waals surface area contributed by atoms with Gasteiger partial charge >= 0.3 is 19.8 Å². The first kappa shape index (κ1) is 68.2. The number of carbonyl (C=O) groups excluding carboxylic acids is 2. The molecule has 72 heavy (non-hydrogen) atoms. The first-order chi connectivity index (χ1) is 35.0. The van der Waals surface area contributed by atoms with Crippen LogP contribution in [0, 0.1) is 0 Å². The maximum Gasteiger partial charge on any atom is 0.472 e.